The normalized spacial score (nSPS) is 11.3. The number of ether oxygens (including phenoxy) is 1. The second-order valence-electron chi connectivity index (χ2n) is 3.80. The molecule has 0 bridgehead atoms. The van der Waals surface area contributed by atoms with Crippen LogP contribution in [0.25, 0.3) is 6.08 Å². The predicted octanol–water partition coefficient (Wildman–Crippen LogP) is 3.47. The summed E-state index contributed by atoms with van der Waals surface area (Å²) in [7, 11) is 0. The van der Waals surface area contributed by atoms with Crippen LogP contribution in [0, 0.1) is 0 Å². The fourth-order valence-electron chi connectivity index (χ4n) is 1.27. The van der Waals surface area contributed by atoms with Gasteiger partial charge in [0.25, 0.3) is 0 Å². The quantitative estimate of drug-likeness (QED) is 0.707. The highest BCUT2D eigenvalue weighted by Gasteiger charge is 1.98. The van der Waals surface area contributed by atoms with E-state index in [1.165, 1.54) is 0 Å². The van der Waals surface area contributed by atoms with Crippen LogP contribution >= 0.6 is 0 Å². The van der Waals surface area contributed by atoms with E-state index in [2.05, 4.69) is 6.92 Å². The molecule has 0 spiro atoms. The van der Waals surface area contributed by atoms with Gasteiger partial charge in [-0.05, 0) is 49.6 Å². The molecule has 0 aliphatic carbocycles. The van der Waals surface area contributed by atoms with E-state index in [9.17, 15) is 4.79 Å². The standard InChI is InChI=1S/C14H18O2/c1-4-8-16-14-7-5-6-13(10-14)9-11(2)12(3)15/h5-7,9-10H,4,8H2,1-3H3/b11-9-. The topological polar surface area (TPSA) is 26.3 Å². The van der Waals surface area contributed by atoms with Gasteiger partial charge < -0.3 is 4.74 Å². The molecule has 1 rings (SSSR count). The molecule has 0 aromatic heterocycles. The molecule has 0 fully saturated rings. The minimum absolute atomic E-state index is 0.0971. The predicted molar refractivity (Wildman–Crippen MR) is 66.6 cm³/mol. The maximum absolute atomic E-state index is 11.1. The summed E-state index contributed by atoms with van der Waals surface area (Å²) >= 11 is 0. The van der Waals surface area contributed by atoms with Crippen LogP contribution in [0.1, 0.15) is 32.8 Å². The number of rotatable bonds is 5. The van der Waals surface area contributed by atoms with Crippen molar-refractivity contribution >= 4 is 11.9 Å². The second-order valence-corrected chi connectivity index (χ2v) is 3.80. The van der Waals surface area contributed by atoms with Crippen LogP contribution in [0.15, 0.2) is 29.8 Å². The Morgan fingerprint density at radius 1 is 1.38 bits per heavy atom. The molecule has 0 N–H and O–H groups in total. The zero-order valence-corrected chi connectivity index (χ0v) is 10.1. The summed E-state index contributed by atoms with van der Waals surface area (Å²) in [6, 6.07) is 7.77. The van der Waals surface area contributed by atoms with Crippen molar-refractivity contribution in [3.8, 4) is 5.75 Å². The van der Waals surface area contributed by atoms with Gasteiger partial charge >= 0.3 is 0 Å². The molecule has 0 heterocycles. The van der Waals surface area contributed by atoms with Crippen LogP contribution in [0.5, 0.6) is 5.75 Å². The van der Waals surface area contributed by atoms with Gasteiger partial charge in [-0.1, -0.05) is 19.1 Å². The number of carbonyl (C=O) groups excluding carboxylic acids is 1. The van der Waals surface area contributed by atoms with Crippen LogP contribution in [0.4, 0.5) is 0 Å². The van der Waals surface area contributed by atoms with Gasteiger partial charge in [0.1, 0.15) is 5.75 Å². The number of carbonyl (C=O) groups is 1. The van der Waals surface area contributed by atoms with Crippen molar-refractivity contribution in [3.63, 3.8) is 0 Å². The van der Waals surface area contributed by atoms with E-state index >= 15 is 0 Å². The van der Waals surface area contributed by atoms with Crippen LogP contribution in [0.3, 0.4) is 0 Å². The summed E-state index contributed by atoms with van der Waals surface area (Å²) in [6.45, 7) is 6.19. The Kier molecular flexibility index (Phi) is 4.77. The van der Waals surface area contributed by atoms with Gasteiger partial charge in [0.15, 0.2) is 5.78 Å². The molecule has 86 valence electrons. The van der Waals surface area contributed by atoms with E-state index in [4.69, 9.17) is 4.74 Å². The lowest BCUT2D eigenvalue weighted by Crippen LogP contribution is -1.95. The Labute approximate surface area is 96.9 Å². The Morgan fingerprint density at radius 2 is 2.12 bits per heavy atom. The van der Waals surface area contributed by atoms with Crippen LogP contribution in [-0.4, -0.2) is 12.4 Å². The first-order chi connectivity index (χ1) is 7.63. The first kappa shape index (κ1) is 12.5. The maximum atomic E-state index is 11.1. The van der Waals surface area contributed by atoms with Crippen molar-refractivity contribution in [2.24, 2.45) is 0 Å². The van der Waals surface area contributed by atoms with Gasteiger partial charge in [0.05, 0.1) is 6.61 Å². The van der Waals surface area contributed by atoms with Gasteiger partial charge in [0.2, 0.25) is 0 Å². The summed E-state index contributed by atoms with van der Waals surface area (Å²) in [6.07, 6.45) is 2.87. The van der Waals surface area contributed by atoms with Crippen molar-refractivity contribution in [1.29, 1.82) is 0 Å². The number of ketones is 1. The van der Waals surface area contributed by atoms with Crippen molar-refractivity contribution in [2.75, 3.05) is 6.61 Å². The van der Waals surface area contributed by atoms with Crippen molar-refractivity contribution in [1.82, 2.24) is 0 Å². The van der Waals surface area contributed by atoms with E-state index in [0.29, 0.717) is 0 Å². The summed E-state index contributed by atoms with van der Waals surface area (Å²) in [5.74, 6) is 0.951. The third kappa shape index (κ3) is 3.89. The Bertz CT molecular complexity index is 391. The molecule has 0 radical (unpaired) electrons. The van der Waals surface area contributed by atoms with Crippen molar-refractivity contribution < 1.29 is 9.53 Å². The molecule has 2 nitrogen and oxygen atoms in total. The van der Waals surface area contributed by atoms with Gasteiger partial charge in [-0.3, -0.25) is 4.79 Å². The molecule has 16 heavy (non-hydrogen) atoms. The fourth-order valence-corrected chi connectivity index (χ4v) is 1.27. The minimum Gasteiger partial charge on any atom is -0.494 e. The molecule has 0 aliphatic rings. The third-order valence-corrected chi connectivity index (χ3v) is 2.27. The molecule has 1 aromatic rings. The SMILES string of the molecule is CCCOc1cccc(/C=C(/C)C(C)=O)c1. The van der Waals surface area contributed by atoms with Gasteiger partial charge in [0, 0.05) is 0 Å². The highest BCUT2D eigenvalue weighted by molar-refractivity contribution is 5.97. The number of Topliss-reactive ketones (excluding diaryl/α,β-unsaturated/α-hetero) is 1. The second kappa shape index (κ2) is 6.11. The molecule has 0 amide bonds. The average Bonchev–Trinajstić information content (AvgIpc) is 2.26. The van der Waals surface area contributed by atoms with Crippen LogP contribution in [0.2, 0.25) is 0 Å². The Balaban J connectivity index is 2.82. The van der Waals surface area contributed by atoms with Gasteiger partial charge in [-0.25, -0.2) is 0 Å². The molecule has 0 unspecified atom stereocenters. The maximum Gasteiger partial charge on any atom is 0.155 e. The summed E-state index contributed by atoms with van der Waals surface area (Å²) < 4.78 is 5.52. The van der Waals surface area contributed by atoms with Crippen LogP contribution < -0.4 is 4.74 Å². The number of benzene rings is 1. The lowest BCUT2D eigenvalue weighted by Gasteiger charge is -2.05. The first-order valence-electron chi connectivity index (χ1n) is 5.55. The third-order valence-electron chi connectivity index (χ3n) is 2.27. The number of hydrogen-bond acceptors (Lipinski definition) is 2. The van der Waals surface area contributed by atoms with Crippen LogP contribution in [-0.2, 0) is 4.79 Å². The van der Waals surface area contributed by atoms with Crippen molar-refractivity contribution in [3.05, 3.63) is 35.4 Å². The largest absolute Gasteiger partial charge is 0.494 e. The van der Waals surface area contributed by atoms with E-state index in [1.807, 2.05) is 37.3 Å². The molecule has 0 atom stereocenters. The Hall–Kier alpha value is -1.57. The van der Waals surface area contributed by atoms with Gasteiger partial charge in [-0.15, -0.1) is 0 Å². The monoisotopic (exact) mass is 218 g/mol. The number of hydrogen-bond donors (Lipinski definition) is 0. The molecular formula is C14H18O2. The zero-order chi connectivity index (χ0) is 12.0. The lowest BCUT2D eigenvalue weighted by molar-refractivity contribution is -0.113. The van der Waals surface area contributed by atoms with Crippen molar-refractivity contribution in [2.45, 2.75) is 27.2 Å². The first-order valence-corrected chi connectivity index (χ1v) is 5.55. The van der Waals surface area contributed by atoms with Gasteiger partial charge in [-0.2, -0.15) is 0 Å². The minimum atomic E-state index is 0.0971. The van der Waals surface area contributed by atoms with E-state index in [-0.39, 0.29) is 5.78 Å². The molecule has 0 saturated heterocycles. The summed E-state index contributed by atoms with van der Waals surface area (Å²) in [4.78, 5) is 11.1. The average molecular weight is 218 g/mol. The number of allylic oxidation sites excluding steroid dienone is 1. The fraction of sp³-hybridized carbons (Fsp3) is 0.357. The molecule has 0 aliphatic heterocycles. The lowest BCUT2D eigenvalue weighted by atomic mass is 10.1. The summed E-state index contributed by atoms with van der Waals surface area (Å²) in [5, 5.41) is 0. The van der Waals surface area contributed by atoms with E-state index in [0.717, 1.165) is 29.9 Å². The highest BCUT2D eigenvalue weighted by atomic mass is 16.5. The van der Waals surface area contributed by atoms with E-state index in [1.54, 1.807) is 6.92 Å². The molecule has 1 aromatic carbocycles. The summed E-state index contributed by atoms with van der Waals surface area (Å²) in [5.41, 5.74) is 1.76. The Morgan fingerprint density at radius 3 is 2.75 bits per heavy atom. The van der Waals surface area contributed by atoms with E-state index < -0.39 is 0 Å². The highest BCUT2D eigenvalue weighted by Crippen LogP contribution is 2.16. The zero-order valence-electron chi connectivity index (χ0n) is 10.1. The molecular weight excluding hydrogens is 200 g/mol. The molecule has 0 saturated carbocycles. The molecule has 2 heteroatoms. The smallest absolute Gasteiger partial charge is 0.155 e.